The molecule has 0 aliphatic carbocycles. The molecule has 1 aromatic rings. The van der Waals surface area contributed by atoms with Crippen LogP contribution in [0.4, 0.5) is 4.39 Å². The van der Waals surface area contributed by atoms with E-state index in [0.29, 0.717) is 24.5 Å². The Morgan fingerprint density at radius 1 is 1.60 bits per heavy atom. The highest BCUT2D eigenvalue weighted by Gasteiger charge is 2.28. The van der Waals surface area contributed by atoms with E-state index in [1.165, 1.54) is 13.2 Å². The number of hydrogen-bond acceptors (Lipinski definition) is 4. The van der Waals surface area contributed by atoms with Crippen molar-refractivity contribution in [1.29, 1.82) is 0 Å². The van der Waals surface area contributed by atoms with Gasteiger partial charge in [0.1, 0.15) is 17.6 Å². The Kier molecular flexibility index (Phi) is 4.92. The molecule has 1 saturated heterocycles. The number of rotatable bonds is 4. The van der Waals surface area contributed by atoms with E-state index in [4.69, 9.17) is 9.47 Å². The molecule has 20 heavy (non-hydrogen) atoms. The van der Waals surface area contributed by atoms with Crippen LogP contribution < -0.4 is 15.4 Å². The van der Waals surface area contributed by atoms with Crippen molar-refractivity contribution in [2.45, 2.75) is 25.6 Å². The second-order valence-electron chi connectivity index (χ2n) is 4.68. The van der Waals surface area contributed by atoms with E-state index >= 15 is 0 Å². The zero-order valence-electron chi connectivity index (χ0n) is 11.6. The first-order chi connectivity index (χ1) is 9.61. The fourth-order valence-corrected chi connectivity index (χ4v) is 2.12. The van der Waals surface area contributed by atoms with Gasteiger partial charge in [-0.2, -0.15) is 0 Å². The molecule has 0 saturated carbocycles. The largest absolute Gasteiger partial charge is 0.497 e. The van der Waals surface area contributed by atoms with Gasteiger partial charge in [-0.15, -0.1) is 0 Å². The van der Waals surface area contributed by atoms with Crippen molar-refractivity contribution in [2.24, 2.45) is 0 Å². The molecule has 0 radical (unpaired) electrons. The van der Waals surface area contributed by atoms with Crippen molar-refractivity contribution in [3.63, 3.8) is 0 Å². The summed E-state index contributed by atoms with van der Waals surface area (Å²) in [5.74, 6) is -0.133. The van der Waals surface area contributed by atoms with Crippen LogP contribution >= 0.6 is 0 Å². The van der Waals surface area contributed by atoms with Crippen molar-refractivity contribution in [1.82, 2.24) is 10.6 Å². The van der Waals surface area contributed by atoms with Crippen LogP contribution in [0.5, 0.6) is 5.75 Å². The summed E-state index contributed by atoms with van der Waals surface area (Å²) in [6.45, 7) is 3.21. The Hall–Kier alpha value is -1.66. The number of methoxy groups -OCH3 is 1. The number of hydrogen-bond donors (Lipinski definition) is 2. The van der Waals surface area contributed by atoms with Crippen LogP contribution in [0.25, 0.3) is 0 Å². The number of carbonyl (C=O) groups excluding carboxylic acids is 1. The van der Waals surface area contributed by atoms with Crippen LogP contribution in [0, 0.1) is 5.82 Å². The third-order valence-electron chi connectivity index (χ3n) is 3.31. The SMILES string of the molecule is COc1ccc(CNC(=O)[C@H]2NCCO[C@@H]2C)c(F)c1. The summed E-state index contributed by atoms with van der Waals surface area (Å²) >= 11 is 0. The zero-order valence-corrected chi connectivity index (χ0v) is 11.6. The van der Waals surface area contributed by atoms with Gasteiger partial charge in [0, 0.05) is 24.7 Å². The Morgan fingerprint density at radius 2 is 2.40 bits per heavy atom. The maximum Gasteiger partial charge on any atom is 0.240 e. The van der Waals surface area contributed by atoms with E-state index < -0.39 is 11.9 Å². The number of benzene rings is 1. The normalized spacial score (nSPS) is 22.4. The Labute approximate surface area is 117 Å². The second-order valence-corrected chi connectivity index (χ2v) is 4.68. The lowest BCUT2D eigenvalue weighted by Gasteiger charge is -2.29. The number of ether oxygens (including phenoxy) is 2. The maximum atomic E-state index is 13.7. The zero-order chi connectivity index (χ0) is 14.5. The summed E-state index contributed by atoms with van der Waals surface area (Å²) in [7, 11) is 1.48. The minimum absolute atomic E-state index is 0.138. The second kappa shape index (κ2) is 6.67. The molecular weight excluding hydrogens is 263 g/mol. The van der Waals surface area contributed by atoms with Crippen molar-refractivity contribution < 1.29 is 18.7 Å². The molecule has 0 bridgehead atoms. The number of morpholine rings is 1. The van der Waals surface area contributed by atoms with Crippen LogP contribution in [0.2, 0.25) is 0 Å². The summed E-state index contributed by atoms with van der Waals surface area (Å²) in [5.41, 5.74) is 0.420. The summed E-state index contributed by atoms with van der Waals surface area (Å²) in [4.78, 5) is 12.0. The molecule has 0 unspecified atom stereocenters. The Morgan fingerprint density at radius 3 is 3.05 bits per heavy atom. The predicted octanol–water partition coefficient (Wildman–Crippen LogP) is 0.827. The minimum atomic E-state index is -0.398. The first kappa shape index (κ1) is 14.7. The molecule has 1 aromatic carbocycles. The molecule has 2 N–H and O–H groups in total. The van der Waals surface area contributed by atoms with E-state index in [1.807, 2.05) is 6.92 Å². The maximum absolute atomic E-state index is 13.7. The van der Waals surface area contributed by atoms with Gasteiger partial charge < -0.3 is 20.1 Å². The average Bonchev–Trinajstić information content (AvgIpc) is 2.46. The van der Waals surface area contributed by atoms with Gasteiger partial charge in [0.2, 0.25) is 5.91 Å². The molecule has 1 aliphatic heterocycles. The number of amides is 1. The number of nitrogens with one attached hydrogen (secondary N) is 2. The van der Waals surface area contributed by atoms with Gasteiger partial charge in [-0.1, -0.05) is 6.07 Å². The first-order valence-electron chi connectivity index (χ1n) is 6.57. The molecular formula is C14H19FN2O3. The monoisotopic (exact) mass is 282 g/mol. The van der Waals surface area contributed by atoms with Crippen LogP contribution in [0.1, 0.15) is 12.5 Å². The van der Waals surface area contributed by atoms with Gasteiger partial charge in [0.15, 0.2) is 0 Å². The third-order valence-corrected chi connectivity index (χ3v) is 3.31. The summed E-state index contributed by atoms with van der Waals surface area (Å²) in [6.07, 6.45) is -0.190. The highest BCUT2D eigenvalue weighted by Crippen LogP contribution is 2.16. The molecule has 6 heteroatoms. The molecule has 1 aliphatic rings. The van der Waals surface area contributed by atoms with Crippen molar-refractivity contribution >= 4 is 5.91 Å². The van der Waals surface area contributed by atoms with E-state index in [2.05, 4.69) is 10.6 Å². The molecule has 2 atom stereocenters. The molecule has 0 aromatic heterocycles. The number of halogens is 1. The summed E-state index contributed by atoms with van der Waals surface area (Å²) in [5, 5.41) is 5.80. The lowest BCUT2D eigenvalue weighted by Crippen LogP contribution is -2.55. The van der Waals surface area contributed by atoms with Gasteiger partial charge in [0.25, 0.3) is 0 Å². The van der Waals surface area contributed by atoms with E-state index in [1.54, 1.807) is 12.1 Å². The Bertz CT molecular complexity index is 481. The predicted molar refractivity (Wildman–Crippen MR) is 72.0 cm³/mol. The third kappa shape index (κ3) is 3.46. The summed E-state index contributed by atoms with van der Waals surface area (Å²) in [6, 6.07) is 4.16. The van der Waals surface area contributed by atoms with Crippen LogP contribution in [0.3, 0.4) is 0 Å². The lowest BCUT2D eigenvalue weighted by molar-refractivity contribution is -0.129. The van der Waals surface area contributed by atoms with E-state index in [9.17, 15) is 9.18 Å². The van der Waals surface area contributed by atoms with Crippen LogP contribution in [-0.4, -0.2) is 38.3 Å². The van der Waals surface area contributed by atoms with Crippen molar-refractivity contribution in [3.8, 4) is 5.75 Å². The van der Waals surface area contributed by atoms with E-state index in [0.717, 1.165) is 0 Å². The van der Waals surface area contributed by atoms with Gasteiger partial charge in [-0.3, -0.25) is 4.79 Å². The fourth-order valence-electron chi connectivity index (χ4n) is 2.12. The van der Waals surface area contributed by atoms with E-state index in [-0.39, 0.29) is 18.6 Å². The van der Waals surface area contributed by atoms with Crippen LogP contribution in [-0.2, 0) is 16.1 Å². The highest BCUT2D eigenvalue weighted by molar-refractivity contribution is 5.82. The summed E-state index contributed by atoms with van der Waals surface area (Å²) < 4.78 is 24.1. The lowest BCUT2D eigenvalue weighted by atomic mass is 10.1. The molecule has 1 fully saturated rings. The molecule has 110 valence electrons. The van der Waals surface area contributed by atoms with Gasteiger partial charge in [0.05, 0.1) is 19.8 Å². The smallest absolute Gasteiger partial charge is 0.240 e. The molecule has 1 amide bonds. The first-order valence-corrected chi connectivity index (χ1v) is 6.57. The molecule has 5 nitrogen and oxygen atoms in total. The minimum Gasteiger partial charge on any atom is -0.497 e. The average molecular weight is 282 g/mol. The molecule has 0 spiro atoms. The Balaban J connectivity index is 1.92. The van der Waals surface area contributed by atoms with Gasteiger partial charge >= 0.3 is 0 Å². The quantitative estimate of drug-likeness (QED) is 0.858. The topological polar surface area (TPSA) is 59.6 Å². The number of carbonyl (C=O) groups is 1. The van der Waals surface area contributed by atoms with Crippen LogP contribution in [0.15, 0.2) is 18.2 Å². The van der Waals surface area contributed by atoms with Gasteiger partial charge in [-0.05, 0) is 13.0 Å². The fraction of sp³-hybridized carbons (Fsp3) is 0.500. The highest BCUT2D eigenvalue weighted by atomic mass is 19.1. The molecule has 2 rings (SSSR count). The van der Waals surface area contributed by atoms with Crippen molar-refractivity contribution in [3.05, 3.63) is 29.6 Å². The standard InChI is InChI=1S/C14H19FN2O3/c1-9-13(16-5-6-20-9)14(18)17-8-10-3-4-11(19-2)7-12(10)15/h3-4,7,9,13,16H,5-6,8H2,1-2H3,(H,17,18)/t9-,13+/m1/s1. The molecule has 1 heterocycles. The van der Waals surface area contributed by atoms with Crippen molar-refractivity contribution in [2.75, 3.05) is 20.3 Å². The van der Waals surface area contributed by atoms with Gasteiger partial charge in [-0.25, -0.2) is 4.39 Å².